The van der Waals surface area contributed by atoms with E-state index >= 15 is 0 Å². The molecule has 1 saturated carbocycles. The minimum Gasteiger partial charge on any atom is -0.352 e. The summed E-state index contributed by atoms with van der Waals surface area (Å²) in [5.74, 6) is -0.254. The van der Waals surface area contributed by atoms with Crippen LogP contribution in [-0.4, -0.2) is 54.3 Å². The molecule has 0 aromatic carbocycles. The molecule has 0 bridgehead atoms. The standard InChI is InChI=1S/C18H30N2O4/c1-2-5-16(21)20-11-4-3-6-15(20)17(22)19-14-7-9-18(10-8-14)23-12-13-24-18/h14-15H,2-13H2,1H3,(H,19,22)/t15-/m1/s1. The Bertz CT molecular complexity index is 452. The minimum absolute atomic E-state index is 0.0216. The summed E-state index contributed by atoms with van der Waals surface area (Å²) in [5, 5.41) is 3.18. The van der Waals surface area contributed by atoms with E-state index in [2.05, 4.69) is 5.32 Å². The van der Waals surface area contributed by atoms with Crippen LogP contribution in [0.5, 0.6) is 0 Å². The van der Waals surface area contributed by atoms with Crippen LogP contribution in [0.1, 0.15) is 64.7 Å². The minimum atomic E-state index is -0.394. The zero-order chi connectivity index (χ0) is 17.0. The van der Waals surface area contributed by atoms with Crippen molar-refractivity contribution in [3.8, 4) is 0 Å². The zero-order valence-electron chi connectivity index (χ0n) is 14.7. The number of rotatable bonds is 4. The molecule has 6 heteroatoms. The number of amides is 2. The first-order valence-corrected chi connectivity index (χ1v) is 9.51. The lowest BCUT2D eigenvalue weighted by molar-refractivity contribution is -0.180. The quantitative estimate of drug-likeness (QED) is 0.851. The number of hydrogen-bond donors (Lipinski definition) is 1. The van der Waals surface area contributed by atoms with E-state index in [1.165, 1.54) is 0 Å². The van der Waals surface area contributed by atoms with Gasteiger partial charge in [0.2, 0.25) is 11.8 Å². The lowest BCUT2D eigenvalue weighted by atomic mass is 9.89. The van der Waals surface area contributed by atoms with Crippen molar-refractivity contribution in [2.45, 2.75) is 82.6 Å². The van der Waals surface area contributed by atoms with E-state index in [4.69, 9.17) is 9.47 Å². The van der Waals surface area contributed by atoms with Gasteiger partial charge in [-0.05, 0) is 38.5 Å². The van der Waals surface area contributed by atoms with Gasteiger partial charge in [0.25, 0.3) is 0 Å². The predicted molar refractivity (Wildman–Crippen MR) is 89.3 cm³/mol. The topological polar surface area (TPSA) is 67.9 Å². The lowest BCUT2D eigenvalue weighted by Crippen LogP contribution is -2.54. The van der Waals surface area contributed by atoms with Gasteiger partial charge in [0, 0.05) is 31.8 Å². The Kier molecular flexibility index (Phi) is 5.76. The molecule has 0 aromatic heterocycles. The van der Waals surface area contributed by atoms with Crippen LogP contribution >= 0.6 is 0 Å². The number of hydrogen-bond acceptors (Lipinski definition) is 4. The molecule has 0 radical (unpaired) electrons. The molecule has 1 spiro atoms. The van der Waals surface area contributed by atoms with E-state index in [9.17, 15) is 9.59 Å². The van der Waals surface area contributed by atoms with Gasteiger partial charge < -0.3 is 19.7 Å². The van der Waals surface area contributed by atoms with Crippen LogP contribution in [0.4, 0.5) is 0 Å². The molecular formula is C18H30N2O4. The Hall–Kier alpha value is -1.14. The number of nitrogens with one attached hydrogen (secondary N) is 1. The molecular weight excluding hydrogens is 308 g/mol. The lowest BCUT2D eigenvalue weighted by Gasteiger charge is -2.38. The largest absolute Gasteiger partial charge is 0.352 e. The second-order valence-corrected chi connectivity index (χ2v) is 7.24. The first-order chi connectivity index (χ1) is 11.6. The van der Waals surface area contributed by atoms with Crippen LogP contribution in [0.25, 0.3) is 0 Å². The Labute approximate surface area is 144 Å². The number of nitrogens with zero attached hydrogens (tertiary/aromatic N) is 1. The number of ether oxygens (including phenoxy) is 2. The van der Waals surface area contributed by atoms with Crippen molar-refractivity contribution in [2.24, 2.45) is 0 Å². The maximum atomic E-state index is 12.7. The van der Waals surface area contributed by atoms with Gasteiger partial charge in [-0.3, -0.25) is 9.59 Å². The highest BCUT2D eigenvalue weighted by Gasteiger charge is 2.41. The molecule has 3 aliphatic rings. The molecule has 136 valence electrons. The Morgan fingerprint density at radius 1 is 1.12 bits per heavy atom. The molecule has 2 saturated heterocycles. The van der Waals surface area contributed by atoms with Crippen LogP contribution in [0.15, 0.2) is 0 Å². The van der Waals surface area contributed by atoms with Crippen molar-refractivity contribution < 1.29 is 19.1 Å². The van der Waals surface area contributed by atoms with Gasteiger partial charge in [0.15, 0.2) is 5.79 Å². The molecule has 1 atom stereocenters. The number of carbonyl (C=O) groups excluding carboxylic acids is 2. The maximum absolute atomic E-state index is 12.7. The molecule has 0 unspecified atom stereocenters. The SMILES string of the molecule is CCCC(=O)N1CCCC[C@@H]1C(=O)NC1CCC2(CC1)OCCO2. The number of piperidine rings is 1. The highest BCUT2D eigenvalue weighted by molar-refractivity contribution is 5.88. The molecule has 24 heavy (non-hydrogen) atoms. The van der Waals surface area contributed by atoms with E-state index in [0.717, 1.165) is 51.4 Å². The van der Waals surface area contributed by atoms with Crippen molar-refractivity contribution in [1.82, 2.24) is 10.2 Å². The van der Waals surface area contributed by atoms with E-state index < -0.39 is 5.79 Å². The van der Waals surface area contributed by atoms with Crippen molar-refractivity contribution >= 4 is 11.8 Å². The fraction of sp³-hybridized carbons (Fsp3) is 0.889. The van der Waals surface area contributed by atoms with Crippen LogP contribution in [0.3, 0.4) is 0 Å². The van der Waals surface area contributed by atoms with Crippen LogP contribution in [0, 0.1) is 0 Å². The Morgan fingerprint density at radius 2 is 1.83 bits per heavy atom. The van der Waals surface area contributed by atoms with E-state index in [0.29, 0.717) is 26.2 Å². The summed E-state index contributed by atoms with van der Waals surface area (Å²) in [6.07, 6.45) is 7.58. The maximum Gasteiger partial charge on any atom is 0.243 e. The van der Waals surface area contributed by atoms with Gasteiger partial charge in [-0.15, -0.1) is 0 Å². The highest BCUT2D eigenvalue weighted by Crippen LogP contribution is 2.35. The molecule has 2 amide bonds. The smallest absolute Gasteiger partial charge is 0.243 e. The third-order valence-electron chi connectivity index (χ3n) is 5.50. The molecule has 1 N–H and O–H groups in total. The molecule has 3 fully saturated rings. The Balaban J connectivity index is 1.52. The zero-order valence-corrected chi connectivity index (χ0v) is 14.7. The van der Waals surface area contributed by atoms with E-state index in [-0.39, 0.29) is 23.9 Å². The molecule has 3 rings (SSSR count). The Morgan fingerprint density at radius 3 is 2.50 bits per heavy atom. The van der Waals surface area contributed by atoms with Gasteiger partial charge >= 0.3 is 0 Å². The molecule has 0 aromatic rings. The summed E-state index contributed by atoms with van der Waals surface area (Å²) in [5.41, 5.74) is 0. The summed E-state index contributed by atoms with van der Waals surface area (Å²) in [6, 6.07) is -0.117. The number of likely N-dealkylation sites (tertiary alicyclic amines) is 1. The average Bonchev–Trinajstić information content (AvgIpc) is 3.05. The first-order valence-electron chi connectivity index (χ1n) is 9.51. The van der Waals surface area contributed by atoms with Gasteiger partial charge in [-0.25, -0.2) is 0 Å². The summed E-state index contributed by atoms with van der Waals surface area (Å²) < 4.78 is 11.5. The summed E-state index contributed by atoms with van der Waals surface area (Å²) in [7, 11) is 0. The van der Waals surface area contributed by atoms with E-state index in [1.807, 2.05) is 6.92 Å². The molecule has 2 heterocycles. The second-order valence-electron chi connectivity index (χ2n) is 7.24. The van der Waals surface area contributed by atoms with Crippen molar-refractivity contribution in [2.75, 3.05) is 19.8 Å². The van der Waals surface area contributed by atoms with Gasteiger partial charge in [0.05, 0.1) is 13.2 Å². The molecule has 2 aliphatic heterocycles. The first kappa shape index (κ1) is 17.7. The summed E-state index contributed by atoms with van der Waals surface area (Å²) in [4.78, 5) is 26.8. The fourth-order valence-corrected chi connectivity index (χ4v) is 4.15. The third-order valence-corrected chi connectivity index (χ3v) is 5.50. The fourth-order valence-electron chi connectivity index (χ4n) is 4.15. The van der Waals surface area contributed by atoms with Crippen molar-refractivity contribution in [1.29, 1.82) is 0 Å². The molecule has 6 nitrogen and oxygen atoms in total. The van der Waals surface area contributed by atoms with Gasteiger partial charge in [0.1, 0.15) is 6.04 Å². The van der Waals surface area contributed by atoms with Gasteiger partial charge in [-0.1, -0.05) is 6.92 Å². The third kappa shape index (κ3) is 3.91. The summed E-state index contributed by atoms with van der Waals surface area (Å²) >= 11 is 0. The highest BCUT2D eigenvalue weighted by atomic mass is 16.7. The van der Waals surface area contributed by atoms with Crippen LogP contribution < -0.4 is 5.32 Å². The second kappa shape index (κ2) is 7.83. The van der Waals surface area contributed by atoms with Crippen molar-refractivity contribution in [3.63, 3.8) is 0 Å². The van der Waals surface area contributed by atoms with Crippen molar-refractivity contribution in [3.05, 3.63) is 0 Å². The monoisotopic (exact) mass is 338 g/mol. The summed E-state index contributed by atoms with van der Waals surface area (Å²) in [6.45, 7) is 4.07. The normalized spacial score (nSPS) is 27.4. The predicted octanol–water partition coefficient (Wildman–Crippen LogP) is 1.97. The molecule has 1 aliphatic carbocycles. The van der Waals surface area contributed by atoms with E-state index in [1.54, 1.807) is 4.90 Å². The van der Waals surface area contributed by atoms with Crippen LogP contribution in [0.2, 0.25) is 0 Å². The van der Waals surface area contributed by atoms with Gasteiger partial charge in [-0.2, -0.15) is 0 Å². The van der Waals surface area contributed by atoms with Crippen LogP contribution in [-0.2, 0) is 19.1 Å². The average molecular weight is 338 g/mol. The number of carbonyl (C=O) groups is 2.